The van der Waals surface area contributed by atoms with E-state index in [0.29, 0.717) is 7.18 Å². The fraction of sp³-hybridized carbons (Fsp3) is 0.125. The summed E-state index contributed by atoms with van der Waals surface area (Å²) in [6.45, 7) is 2.22. The first-order chi connectivity index (χ1) is 19.0. The summed E-state index contributed by atoms with van der Waals surface area (Å²) in [5.41, 5.74) is 0. The lowest BCUT2D eigenvalue weighted by atomic mass is 10.4. The van der Waals surface area contributed by atoms with Gasteiger partial charge in [0.15, 0.2) is 6.01 Å². The Hall–Kier alpha value is -3.31. The molecule has 3 aromatic carbocycles. The molecule has 0 radical (unpaired) electrons. The summed E-state index contributed by atoms with van der Waals surface area (Å²) < 4.78 is 154. The van der Waals surface area contributed by atoms with Gasteiger partial charge in [-0.1, -0.05) is 54.6 Å². The van der Waals surface area contributed by atoms with E-state index in [1.807, 2.05) is 0 Å². The maximum absolute atomic E-state index is 11.9. The predicted molar refractivity (Wildman–Crippen MR) is 137 cm³/mol. The van der Waals surface area contributed by atoms with Crippen molar-refractivity contribution in [3.63, 3.8) is 0 Å². The molecular formula is C24H23F8O6S3-. The molecule has 0 aliphatic heterocycles. The summed E-state index contributed by atoms with van der Waals surface area (Å²) in [5, 5.41) is 0. The van der Waals surface area contributed by atoms with Crippen molar-refractivity contribution < 1.29 is 60.4 Å². The van der Waals surface area contributed by atoms with E-state index in [0.717, 1.165) is 24.3 Å². The second kappa shape index (κ2) is 19.7. The van der Waals surface area contributed by atoms with Crippen LogP contribution in [0.4, 0.5) is 35.1 Å². The standard InChI is InChI=1S/C7H6F2O2S.C7H5F2O2S.C7H7FO2S.C2H2F2.CH3F/c2*8-7(9)12(10,11)6-4-2-1-3-5-6;8-6-11(9,10)7-4-2-1-3-5-7;1-2(3)4;1-2/h1-5,7H;1-5H;1-5H,6H2;1H2;1H3/q;-1;;;. The van der Waals surface area contributed by atoms with Gasteiger partial charge in [0.05, 0.1) is 17.0 Å². The summed E-state index contributed by atoms with van der Waals surface area (Å²) in [7, 11) is -12.1. The van der Waals surface area contributed by atoms with Crippen molar-refractivity contribution in [1.29, 1.82) is 0 Å². The predicted octanol–water partition coefficient (Wildman–Crippen LogP) is 6.90. The van der Waals surface area contributed by atoms with E-state index in [9.17, 15) is 60.4 Å². The van der Waals surface area contributed by atoms with Crippen LogP contribution in [-0.2, 0) is 29.5 Å². The highest BCUT2D eigenvalue weighted by Gasteiger charge is 2.25. The molecule has 41 heavy (non-hydrogen) atoms. The topological polar surface area (TPSA) is 102 Å². The second-order valence-corrected chi connectivity index (χ2v) is 12.2. The molecule has 0 saturated carbocycles. The van der Waals surface area contributed by atoms with Gasteiger partial charge in [0.1, 0.15) is 15.6 Å². The third-order valence-electron chi connectivity index (χ3n) is 3.81. The summed E-state index contributed by atoms with van der Waals surface area (Å²) >= 11 is 0. The highest BCUT2D eigenvalue weighted by molar-refractivity contribution is 7.94. The normalized spacial score (nSPS) is 10.8. The Morgan fingerprint density at radius 1 is 0.683 bits per heavy atom. The largest absolute Gasteiger partial charge is 0.403 e. The molecule has 0 unspecified atom stereocenters. The van der Waals surface area contributed by atoms with E-state index in [-0.39, 0.29) is 14.7 Å². The number of sulfone groups is 3. The Labute approximate surface area is 232 Å². The van der Waals surface area contributed by atoms with E-state index < -0.39 is 53.1 Å². The lowest BCUT2D eigenvalue weighted by Crippen LogP contribution is -2.10. The summed E-state index contributed by atoms with van der Waals surface area (Å²) in [4.78, 5) is -0.701. The highest BCUT2D eigenvalue weighted by atomic mass is 32.2. The van der Waals surface area contributed by atoms with Gasteiger partial charge in [0, 0.05) is 4.90 Å². The van der Waals surface area contributed by atoms with E-state index in [1.54, 1.807) is 30.3 Å². The Bertz CT molecular complexity index is 1380. The van der Waals surface area contributed by atoms with Gasteiger partial charge in [-0.05, 0) is 43.0 Å². The molecule has 0 fully saturated rings. The molecule has 0 spiro atoms. The van der Waals surface area contributed by atoms with Gasteiger partial charge in [-0.25, -0.2) is 21.2 Å². The van der Waals surface area contributed by atoms with E-state index >= 15 is 0 Å². The Kier molecular flexibility index (Phi) is 19.2. The van der Waals surface area contributed by atoms with Crippen LogP contribution in [0.25, 0.3) is 0 Å². The zero-order chi connectivity index (χ0) is 32.3. The molecule has 0 bridgehead atoms. The molecule has 0 aliphatic rings. The summed E-state index contributed by atoms with van der Waals surface area (Å²) in [6, 6.07) is 19.4. The molecule has 230 valence electrons. The minimum Gasteiger partial charge on any atom is -0.403 e. The lowest BCUT2D eigenvalue weighted by molar-refractivity contribution is 0.234. The summed E-state index contributed by atoms with van der Waals surface area (Å²) in [5.74, 6) is -5.92. The number of rotatable bonds is 6. The van der Waals surface area contributed by atoms with Gasteiger partial charge in [-0.15, -0.1) is 0 Å². The first-order valence-corrected chi connectivity index (χ1v) is 14.9. The van der Waals surface area contributed by atoms with Crippen LogP contribution in [0.2, 0.25) is 0 Å². The molecule has 0 aliphatic carbocycles. The fourth-order valence-corrected chi connectivity index (χ4v) is 4.23. The van der Waals surface area contributed by atoms with Crippen LogP contribution in [0.1, 0.15) is 0 Å². The highest BCUT2D eigenvalue weighted by Crippen LogP contribution is 2.22. The minimum absolute atomic E-state index is 0.0301. The molecule has 0 amide bonds. The average molecular weight is 656 g/mol. The zero-order valence-corrected chi connectivity index (χ0v) is 23.3. The van der Waals surface area contributed by atoms with Crippen LogP contribution in [0, 0.1) is 5.76 Å². The number of hydrogen-bond acceptors (Lipinski definition) is 6. The monoisotopic (exact) mass is 655 g/mol. The van der Waals surface area contributed by atoms with Crippen molar-refractivity contribution in [1.82, 2.24) is 0 Å². The minimum atomic E-state index is -4.49. The maximum Gasteiger partial charge on any atom is 0.341 e. The molecule has 0 N–H and O–H groups in total. The van der Waals surface area contributed by atoms with E-state index in [2.05, 4.69) is 6.58 Å². The molecule has 0 heterocycles. The van der Waals surface area contributed by atoms with Gasteiger partial charge in [-0.2, -0.15) is 17.6 Å². The van der Waals surface area contributed by atoms with Gasteiger partial charge in [0.2, 0.25) is 19.7 Å². The van der Waals surface area contributed by atoms with Crippen LogP contribution in [0.5, 0.6) is 0 Å². The summed E-state index contributed by atoms with van der Waals surface area (Å²) in [6.07, 6.45) is -1.83. The third kappa shape index (κ3) is 15.3. The van der Waals surface area contributed by atoms with Crippen LogP contribution in [0.15, 0.2) is 118 Å². The van der Waals surface area contributed by atoms with Gasteiger partial charge < -0.3 is 8.78 Å². The van der Waals surface area contributed by atoms with Crippen molar-refractivity contribution in [3.8, 4) is 0 Å². The number of halogens is 8. The molecule has 3 aromatic rings. The Morgan fingerprint density at radius 3 is 1.24 bits per heavy atom. The third-order valence-corrected chi connectivity index (χ3v) is 7.78. The lowest BCUT2D eigenvalue weighted by Gasteiger charge is -2.11. The fourth-order valence-electron chi connectivity index (χ4n) is 2.09. The van der Waals surface area contributed by atoms with Crippen molar-refractivity contribution in [2.75, 3.05) is 13.2 Å². The van der Waals surface area contributed by atoms with E-state index in [4.69, 9.17) is 0 Å². The SMILES string of the molecule is C=C(F)F.CF.O=S(=O)(CF)c1ccccc1.O=S(=O)(c1ccccc1)C(F)F.O=S(=O)(c1ccccc1)[C-](F)F. The molecular weight excluding hydrogens is 632 g/mol. The van der Waals surface area contributed by atoms with Crippen LogP contribution >= 0.6 is 0 Å². The van der Waals surface area contributed by atoms with Crippen molar-refractivity contribution in [2.45, 2.75) is 20.4 Å². The molecule has 0 saturated heterocycles. The van der Waals surface area contributed by atoms with Crippen LogP contribution in [0.3, 0.4) is 0 Å². The molecule has 3 rings (SSSR count). The van der Waals surface area contributed by atoms with Gasteiger partial charge in [0.25, 0.3) is 6.08 Å². The molecule has 17 heteroatoms. The maximum atomic E-state index is 11.9. The van der Waals surface area contributed by atoms with Crippen molar-refractivity contribution in [3.05, 3.63) is 109 Å². The van der Waals surface area contributed by atoms with Gasteiger partial charge >= 0.3 is 5.76 Å². The van der Waals surface area contributed by atoms with Crippen molar-refractivity contribution in [2.24, 2.45) is 0 Å². The Balaban J connectivity index is 0. The first-order valence-electron chi connectivity index (χ1n) is 10.3. The van der Waals surface area contributed by atoms with Gasteiger partial charge in [-0.3, -0.25) is 12.8 Å². The quantitative estimate of drug-likeness (QED) is 0.212. The molecule has 0 aromatic heterocycles. The number of benzene rings is 3. The van der Waals surface area contributed by atoms with Crippen LogP contribution < -0.4 is 0 Å². The van der Waals surface area contributed by atoms with E-state index in [1.165, 1.54) is 36.4 Å². The molecule has 6 nitrogen and oxygen atoms in total. The Morgan fingerprint density at radius 2 is 0.976 bits per heavy atom. The first kappa shape index (κ1) is 39.8. The molecule has 0 atom stereocenters. The van der Waals surface area contributed by atoms with Crippen molar-refractivity contribution >= 4 is 29.5 Å². The average Bonchev–Trinajstić information content (AvgIpc) is 2.96. The smallest absolute Gasteiger partial charge is 0.341 e. The number of alkyl halides is 4. The number of hydrogen-bond donors (Lipinski definition) is 0. The second-order valence-electron chi connectivity index (χ2n) is 6.54. The zero-order valence-electron chi connectivity index (χ0n) is 20.8. The van der Waals surface area contributed by atoms with Crippen LogP contribution in [-0.4, -0.2) is 44.2 Å².